The molecule has 1 aromatic heterocycles. The fraction of sp³-hybridized carbons (Fsp3) is 0.571. The van der Waals surface area contributed by atoms with Gasteiger partial charge in [0.2, 0.25) is 5.91 Å². The number of halogens is 1. The van der Waals surface area contributed by atoms with E-state index in [9.17, 15) is 9.90 Å². The summed E-state index contributed by atoms with van der Waals surface area (Å²) >= 11 is 6.20. The smallest absolute Gasteiger partial charge is 0.250 e. The van der Waals surface area contributed by atoms with Crippen LogP contribution in [0.1, 0.15) is 23.2 Å². The maximum Gasteiger partial charge on any atom is 0.250 e. The van der Waals surface area contributed by atoms with Crippen LogP contribution in [0, 0.1) is 0 Å². The minimum Gasteiger partial charge on any atom is -0.390 e. The Morgan fingerprint density at radius 3 is 2.71 bits per heavy atom. The van der Waals surface area contributed by atoms with Crippen LogP contribution in [0.4, 0.5) is 5.82 Å². The van der Waals surface area contributed by atoms with Gasteiger partial charge < -0.3 is 15.7 Å². The number of nitrogens with two attached hydrogens (primary N) is 1. The van der Waals surface area contributed by atoms with Crippen LogP contribution < -0.4 is 10.6 Å². The van der Waals surface area contributed by atoms with Gasteiger partial charge in [-0.2, -0.15) is 0 Å². The molecule has 0 unspecified atom stereocenters. The molecule has 6 nitrogen and oxygen atoms in total. The number of rotatable bonds is 3. The third-order valence-corrected chi connectivity index (χ3v) is 4.55. The molecule has 0 radical (unpaired) electrons. The lowest BCUT2D eigenvalue weighted by Crippen LogP contribution is -2.41. The van der Waals surface area contributed by atoms with Crippen molar-refractivity contribution in [2.45, 2.75) is 25.0 Å². The minimum absolute atomic E-state index is 0.126. The topological polar surface area (TPSA) is 82.7 Å². The summed E-state index contributed by atoms with van der Waals surface area (Å²) < 4.78 is 0. The Balaban J connectivity index is 1.77. The van der Waals surface area contributed by atoms with E-state index in [2.05, 4.69) is 9.88 Å². The molecule has 3 N–H and O–H groups in total. The number of carbonyl (C=O) groups excluding carboxylic acids is 1. The van der Waals surface area contributed by atoms with E-state index >= 15 is 0 Å². The number of hydrogen-bond donors (Lipinski definition) is 2. The molecule has 3 rings (SSSR count). The highest BCUT2D eigenvalue weighted by Gasteiger charge is 2.37. The first-order chi connectivity index (χ1) is 10.1. The molecule has 2 aliphatic rings. The van der Waals surface area contributed by atoms with Gasteiger partial charge in [-0.3, -0.25) is 9.69 Å². The van der Waals surface area contributed by atoms with E-state index in [1.165, 1.54) is 25.1 Å². The van der Waals surface area contributed by atoms with Gasteiger partial charge >= 0.3 is 0 Å². The SMILES string of the molecule is NC(=O)c1cnc(N2C[C@@H](O)[C@H](N3CCCC3)C2)c(Cl)c1. The van der Waals surface area contributed by atoms with Crippen molar-refractivity contribution >= 4 is 23.3 Å². The van der Waals surface area contributed by atoms with Gasteiger partial charge in [-0.25, -0.2) is 4.98 Å². The first kappa shape index (κ1) is 14.6. The number of anilines is 1. The molecule has 0 aromatic carbocycles. The number of nitrogens with zero attached hydrogens (tertiary/aromatic N) is 3. The Morgan fingerprint density at radius 2 is 2.10 bits per heavy atom. The number of aliphatic hydroxyl groups is 1. The number of β-amino-alcohol motifs (C(OH)–C–C–N with tert-alkyl or cyclic N) is 1. The molecule has 1 aromatic rings. The fourth-order valence-corrected chi connectivity index (χ4v) is 3.46. The average molecular weight is 311 g/mol. The van der Waals surface area contributed by atoms with Crippen LogP contribution in [0.2, 0.25) is 5.02 Å². The van der Waals surface area contributed by atoms with Crippen molar-refractivity contribution in [3.05, 3.63) is 22.8 Å². The Labute approximate surface area is 128 Å². The molecule has 2 saturated heterocycles. The molecule has 2 atom stereocenters. The molecule has 0 aliphatic carbocycles. The van der Waals surface area contributed by atoms with E-state index in [1.807, 2.05) is 4.90 Å². The first-order valence-electron chi connectivity index (χ1n) is 7.18. The lowest BCUT2D eigenvalue weighted by molar-refractivity contribution is 0.0985. The number of amides is 1. The molecule has 2 fully saturated rings. The zero-order valence-electron chi connectivity index (χ0n) is 11.7. The number of aliphatic hydroxyl groups excluding tert-OH is 1. The molecule has 0 saturated carbocycles. The van der Waals surface area contributed by atoms with Crippen LogP contribution in [0.25, 0.3) is 0 Å². The molecular weight excluding hydrogens is 292 g/mol. The molecule has 114 valence electrons. The number of hydrogen-bond acceptors (Lipinski definition) is 5. The Hall–Kier alpha value is -1.37. The van der Waals surface area contributed by atoms with E-state index in [1.54, 1.807) is 0 Å². The molecule has 21 heavy (non-hydrogen) atoms. The van der Waals surface area contributed by atoms with Gasteiger partial charge in [0, 0.05) is 19.3 Å². The van der Waals surface area contributed by atoms with Crippen LogP contribution in [0.5, 0.6) is 0 Å². The second kappa shape index (κ2) is 5.79. The summed E-state index contributed by atoms with van der Waals surface area (Å²) in [5, 5.41) is 10.7. The number of aromatic nitrogens is 1. The molecular formula is C14H19ClN4O2. The van der Waals surface area contributed by atoms with Crippen LogP contribution in [-0.2, 0) is 0 Å². The van der Waals surface area contributed by atoms with Crippen LogP contribution in [-0.4, -0.2) is 59.2 Å². The van der Waals surface area contributed by atoms with E-state index < -0.39 is 12.0 Å². The van der Waals surface area contributed by atoms with Gasteiger partial charge in [0.1, 0.15) is 5.82 Å². The van der Waals surface area contributed by atoms with E-state index in [0.717, 1.165) is 13.1 Å². The Kier molecular flexibility index (Phi) is 4.01. The van der Waals surface area contributed by atoms with Crippen molar-refractivity contribution in [1.29, 1.82) is 0 Å². The summed E-state index contributed by atoms with van der Waals surface area (Å²) in [5.41, 5.74) is 5.51. The van der Waals surface area contributed by atoms with Crippen molar-refractivity contribution < 1.29 is 9.90 Å². The highest BCUT2D eigenvalue weighted by molar-refractivity contribution is 6.33. The van der Waals surface area contributed by atoms with Crippen molar-refractivity contribution in [2.75, 3.05) is 31.1 Å². The number of primary amides is 1. The second-order valence-corrected chi connectivity index (χ2v) is 6.08. The number of carbonyl (C=O) groups is 1. The quantitative estimate of drug-likeness (QED) is 0.848. The van der Waals surface area contributed by atoms with Gasteiger partial charge in [0.15, 0.2) is 0 Å². The standard InChI is InChI=1S/C14H19ClN4O2/c15-10-5-9(13(16)21)6-17-14(10)19-7-11(12(20)8-19)18-3-1-2-4-18/h5-6,11-12,20H,1-4,7-8H2,(H2,16,21)/t11-,12-/m1/s1. The predicted molar refractivity (Wildman–Crippen MR) is 80.6 cm³/mol. The average Bonchev–Trinajstić information content (AvgIpc) is 3.07. The third-order valence-electron chi connectivity index (χ3n) is 4.27. The van der Waals surface area contributed by atoms with Gasteiger partial charge in [0.25, 0.3) is 0 Å². The first-order valence-corrected chi connectivity index (χ1v) is 7.56. The van der Waals surface area contributed by atoms with Gasteiger partial charge in [-0.1, -0.05) is 11.6 Å². The van der Waals surface area contributed by atoms with Crippen molar-refractivity contribution in [2.24, 2.45) is 5.73 Å². The highest BCUT2D eigenvalue weighted by Crippen LogP contribution is 2.29. The summed E-state index contributed by atoms with van der Waals surface area (Å²) in [6.45, 7) is 3.28. The lowest BCUT2D eigenvalue weighted by atomic mass is 10.2. The zero-order valence-corrected chi connectivity index (χ0v) is 12.5. The Morgan fingerprint density at radius 1 is 1.38 bits per heavy atom. The zero-order chi connectivity index (χ0) is 15.0. The fourth-order valence-electron chi connectivity index (χ4n) is 3.17. The summed E-state index contributed by atoms with van der Waals surface area (Å²) in [7, 11) is 0. The second-order valence-electron chi connectivity index (χ2n) is 5.68. The molecule has 2 aliphatic heterocycles. The summed E-state index contributed by atoms with van der Waals surface area (Å²) in [4.78, 5) is 19.7. The maximum atomic E-state index is 11.1. The summed E-state index contributed by atoms with van der Waals surface area (Å²) in [5.74, 6) is 0.0507. The normalized spacial score (nSPS) is 26.5. The maximum absolute atomic E-state index is 11.1. The number of likely N-dealkylation sites (tertiary alicyclic amines) is 1. The summed E-state index contributed by atoms with van der Waals surface area (Å²) in [6.07, 6.45) is 3.40. The molecule has 0 bridgehead atoms. The van der Waals surface area contributed by atoms with E-state index in [0.29, 0.717) is 29.5 Å². The lowest BCUT2D eigenvalue weighted by Gasteiger charge is -2.25. The van der Waals surface area contributed by atoms with Gasteiger partial charge in [0.05, 0.1) is 22.7 Å². The highest BCUT2D eigenvalue weighted by atomic mass is 35.5. The van der Waals surface area contributed by atoms with Crippen molar-refractivity contribution in [1.82, 2.24) is 9.88 Å². The van der Waals surface area contributed by atoms with Crippen molar-refractivity contribution in [3.63, 3.8) is 0 Å². The van der Waals surface area contributed by atoms with Crippen LogP contribution >= 0.6 is 11.6 Å². The van der Waals surface area contributed by atoms with Crippen LogP contribution in [0.3, 0.4) is 0 Å². The summed E-state index contributed by atoms with van der Waals surface area (Å²) in [6, 6.07) is 1.66. The molecule has 0 spiro atoms. The van der Waals surface area contributed by atoms with E-state index in [-0.39, 0.29) is 6.04 Å². The monoisotopic (exact) mass is 310 g/mol. The van der Waals surface area contributed by atoms with Gasteiger partial charge in [-0.05, 0) is 32.0 Å². The molecule has 3 heterocycles. The molecule has 1 amide bonds. The minimum atomic E-state index is -0.549. The van der Waals surface area contributed by atoms with Crippen molar-refractivity contribution in [3.8, 4) is 0 Å². The predicted octanol–water partition coefficient (Wildman–Crippen LogP) is 0.479. The molecule has 7 heteroatoms. The van der Waals surface area contributed by atoms with E-state index in [4.69, 9.17) is 17.3 Å². The van der Waals surface area contributed by atoms with Crippen LogP contribution in [0.15, 0.2) is 12.3 Å². The Bertz CT molecular complexity index is 548. The number of pyridine rings is 1. The third kappa shape index (κ3) is 2.84. The largest absolute Gasteiger partial charge is 0.390 e. The van der Waals surface area contributed by atoms with Gasteiger partial charge in [-0.15, -0.1) is 0 Å².